The van der Waals surface area contributed by atoms with Crippen molar-refractivity contribution in [3.63, 3.8) is 0 Å². The van der Waals surface area contributed by atoms with Gasteiger partial charge in [0.05, 0.1) is 12.8 Å². The Morgan fingerprint density at radius 1 is 1.15 bits per heavy atom. The van der Waals surface area contributed by atoms with Gasteiger partial charge in [-0.2, -0.15) is 0 Å². The van der Waals surface area contributed by atoms with Gasteiger partial charge in [-0.3, -0.25) is 0 Å². The summed E-state index contributed by atoms with van der Waals surface area (Å²) in [4.78, 5) is 4.71. The maximum Gasteiger partial charge on any atom is 0.145 e. The van der Waals surface area contributed by atoms with Crippen molar-refractivity contribution in [3.05, 3.63) is 36.0 Å². The fourth-order valence-electron chi connectivity index (χ4n) is 2.49. The highest BCUT2D eigenvalue weighted by Crippen LogP contribution is 2.23. The summed E-state index contributed by atoms with van der Waals surface area (Å²) in [5.41, 5.74) is 1.99. The van der Waals surface area contributed by atoms with E-state index < -0.39 is 0 Å². The third kappa shape index (κ3) is 3.70. The third-order valence-electron chi connectivity index (χ3n) is 3.42. The molecule has 0 bridgehead atoms. The van der Waals surface area contributed by atoms with Crippen molar-refractivity contribution in [1.82, 2.24) is 10.3 Å². The van der Waals surface area contributed by atoms with E-state index in [-0.39, 0.29) is 0 Å². The molecule has 108 valence electrons. The number of pyridine rings is 1. The molecular weight excluding hydrogens is 248 g/mol. The lowest BCUT2D eigenvalue weighted by atomic mass is 10.1. The van der Waals surface area contributed by atoms with Gasteiger partial charge in [-0.1, -0.05) is 32.0 Å². The lowest BCUT2D eigenvalue weighted by molar-refractivity contribution is 0.418. The van der Waals surface area contributed by atoms with Gasteiger partial charge >= 0.3 is 0 Å². The Labute approximate surface area is 121 Å². The number of nitrogens with zero attached hydrogens (tertiary/aromatic N) is 1. The SMILES string of the molecule is COc1cccc2ccc(CNC(C)CC(C)C)nc12. The number of rotatable bonds is 6. The van der Waals surface area contributed by atoms with Gasteiger partial charge < -0.3 is 10.1 Å². The number of ether oxygens (including phenoxy) is 1. The molecule has 0 amide bonds. The lowest BCUT2D eigenvalue weighted by Gasteiger charge is -2.16. The summed E-state index contributed by atoms with van der Waals surface area (Å²) in [5, 5.41) is 4.64. The van der Waals surface area contributed by atoms with Crippen molar-refractivity contribution in [2.45, 2.75) is 39.8 Å². The highest BCUT2D eigenvalue weighted by atomic mass is 16.5. The fourth-order valence-corrected chi connectivity index (χ4v) is 2.49. The van der Waals surface area contributed by atoms with Gasteiger partial charge in [0.15, 0.2) is 0 Å². The van der Waals surface area contributed by atoms with Gasteiger partial charge in [-0.25, -0.2) is 4.98 Å². The largest absolute Gasteiger partial charge is 0.494 e. The molecule has 20 heavy (non-hydrogen) atoms. The molecule has 1 unspecified atom stereocenters. The fraction of sp³-hybridized carbons (Fsp3) is 0.471. The number of methoxy groups -OCH3 is 1. The predicted octanol–water partition coefficient (Wildman–Crippen LogP) is 3.77. The van der Waals surface area contributed by atoms with Crippen molar-refractivity contribution in [2.24, 2.45) is 5.92 Å². The number of benzene rings is 1. The molecule has 2 rings (SSSR count). The third-order valence-corrected chi connectivity index (χ3v) is 3.42. The molecule has 0 saturated carbocycles. The van der Waals surface area contributed by atoms with E-state index in [0.29, 0.717) is 12.0 Å². The van der Waals surface area contributed by atoms with E-state index in [0.717, 1.165) is 28.9 Å². The van der Waals surface area contributed by atoms with Crippen LogP contribution in [0.2, 0.25) is 0 Å². The summed E-state index contributed by atoms with van der Waals surface area (Å²) >= 11 is 0. The molecular formula is C17H24N2O. The normalized spacial score (nSPS) is 12.8. The Balaban J connectivity index is 2.11. The van der Waals surface area contributed by atoms with Gasteiger partial charge in [0.25, 0.3) is 0 Å². The van der Waals surface area contributed by atoms with E-state index in [1.165, 1.54) is 6.42 Å². The van der Waals surface area contributed by atoms with Crippen molar-refractivity contribution < 1.29 is 4.74 Å². The van der Waals surface area contributed by atoms with Crippen LogP contribution in [0.1, 0.15) is 32.9 Å². The van der Waals surface area contributed by atoms with E-state index in [1.54, 1.807) is 7.11 Å². The standard InChI is InChI=1S/C17H24N2O/c1-12(2)10-13(3)18-11-15-9-8-14-6-5-7-16(20-4)17(14)19-15/h5-9,12-13,18H,10-11H2,1-4H3. The molecule has 0 fully saturated rings. The first-order valence-corrected chi connectivity index (χ1v) is 7.26. The number of nitrogens with one attached hydrogen (secondary N) is 1. The lowest BCUT2D eigenvalue weighted by Crippen LogP contribution is -2.27. The maximum absolute atomic E-state index is 5.38. The van der Waals surface area contributed by atoms with Crippen LogP contribution in [0, 0.1) is 5.92 Å². The van der Waals surface area contributed by atoms with Crippen molar-refractivity contribution >= 4 is 10.9 Å². The van der Waals surface area contributed by atoms with Crippen molar-refractivity contribution in [3.8, 4) is 5.75 Å². The Kier molecular flexibility index (Phi) is 4.96. The summed E-state index contributed by atoms with van der Waals surface area (Å²) in [5.74, 6) is 1.54. The monoisotopic (exact) mass is 272 g/mol. The van der Waals surface area contributed by atoms with Crippen LogP contribution in [0.3, 0.4) is 0 Å². The van der Waals surface area contributed by atoms with Gasteiger partial charge in [0.2, 0.25) is 0 Å². The maximum atomic E-state index is 5.38. The molecule has 1 aromatic heterocycles. The van der Waals surface area contributed by atoms with E-state index in [9.17, 15) is 0 Å². The molecule has 1 aromatic carbocycles. The van der Waals surface area contributed by atoms with Crippen LogP contribution >= 0.6 is 0 Å². The Morgan fingerprint density at radius 3 is 2.65 bits per heavy atom. The molecule has 2 aromatic rings. The molecule has 0 aliphatic rings. The Hall–Kier alpha value is -1.61. The van der Waals surface area contributed by atoms with E-state index >= 15 is 0 Å². The zero-order valence-corrected chi connectivity index (χ0v) is 12.8. The highest BCUT2D eigenvalue weighted by Gasteiger charge is 2.07. The molecule has 0 aliphatic carbocycles. The second kappa shape index (κ2) is 6.71. The topological polar surface area (TPSA) is 34.1 Å². The molecule has 1 heterocycles. The number of para-hydroxylation sites is 1. The van der Waals surface area contributed by atoms with Crippen LogP contribution in [-0.4, -0.2) is 18.1 Å². The molecule has 1 atom stereocenters. The van der Waals surface area contributed by atoms with Crippen LogP contribution in [0.4, 0.5) is 0 Å². The predicted molar refractivity (Wildman–Crippen MR) is 84.1 cm³/mol. The Bertz CT molecular complexity index is 566. The Morgan fingerprint density at radius 2 is 1.95 bits per heavy atom. The van der Waals surface area contributed by atoms with E-state index in [1.807, 2.05) is 12.1 Å². The molecule has 0 saturated heterocycles. The second-order valence-electron chi connectivity index (χ2n) is 5.75. The average Bonchev–Trinajstić information content (AvgIpc) is 2.43. The quantitative estimate of drug-likeness (QED) is 0.869. The van der Waals surface area contributed by atoms with Crippen LogP contribution in [0.15, 0.2) is 30.3 Å². The highest BCUT2D eigenvalue weighted by molar-refractivity contribution is 5.84. The van der Waals surface area contributed by atoms with Gasteiger partial charge in [-0.15, -0.1) is 0 Å². The first kappa shape index (κ1) is 14.8. The minimum absolute atomic E-state index is 0.505. The van der Waals surface area contributed by atoms with E-state index in [2.05, 4.69) is 44.3 Å². The zero-order valence-electron chi connectivity index (χ0n) is 12.8. The van der Waals surface area contributed by atoms with Gasteiger partial charge in [-0.05, 0) is 31.4 Å². The second-order valence-corrected chi connectivity index (χ2v) is 5.75. The van der Waals surface area contributed by atoms with Crippen molar-refractivity contribution in [2.75, 3.05) is 7.11 Å². The first-order valence-electron chi connectivity index (χ1n) is 7.26. The van der Waals surface area contributed by atoms with E-state index in [4.69, 9.17) is 9.72 Å². The summed E-state index contributed by atoms with van der Waals surface area (Å²) < 4.78 is 5.38. The average molecular weight is 272 g/mol. The van der Waals surface area contributed by atoms with Crippen molar-refractivity contribution in [1.29, 1.82) is 0 Å². The molecule has 1 N–H and O–H groups in total. The first-order chi connectivity index (χ1) is 9.60. The molecule has 0 aliphatic heterocycles. The van der Waals surface area contributed by atoms with Crippen LogP contribution in [0.25, 0.3) is 10.9 Å². The summed E-state index contributed by atoms with van der Waals surface area (Å²) in [6, 6.07) is 10.7. The number of fused-ring (bicyclic) bond motifs is 1. The van der Waals surface area contributed by atoms with Crippen LogP contribution in [-0.2, 0) is 6.54 Å². The van der Waals surface area contributed by atoms with Gasteiger partial charge in [0.1, 0.15) is 11.3 Å². The molecule has 0 spiro atoms. The summed E-state index contributed by atoms with van der Waals surface area (Å²) in [7, 11) is 1.69. The van der Waals surface area contributed by atoms with Crippen LogP contribution in [0.5, 0.6) is 5.75 Å². The molecule has 0 radical (unpaired) electrons. The number of aromatic nitrogens is 1. The molecule has 3 heteroatoms. The minimum atomic E-state index is 0.505. The zero-order chi connectivity index (χ0) is 14.5. The number of hydrogen-bond acceptors (Lipinski definition) is 3. The smallest absolute Gasteiger partial charge is 0.145 e. The van der Waals surface area contributed by atoms with Crippen LogP contribution < -0.4 is 10.1 Å². The summed E-state index contributed by atoms with van der Waals surface area (Å²) in [6.07, 6.45) is 1.18. The molecule has 3 nitrogen and oxygen atoms in total. The number of hydrogen-bond donors (Lipinski definition) is 1. The van der Waals surface area contributed by atoms with Gasteiger partial charge in [0, 0.05) is 18.0 Å². The minimum Gasteiger partial charge on any atom is -0.494 e. The summed E-state index contributed by atoms with van der Waals surface area (Å²) in [6.45, 7) is 7.51.